The van der Waals surface area contributed by atoms with E-state index in [-0.39, 0.29) is 22.9 Å². The Morgan fingerprint density at radius 3 is 2.50 bits per heavy atom. The van der Waals surface area contributed by atoms with Gasteiger partial charge in [-0.05, 0) is 56.9 Å². The van der Waals surface area contributed by atoms with E-state index in [1.807, 2.05) is 6.07 Å². The van der Waals surface area contributed by atoms with Gasteiger partial charge < -0.3 is 19.7 Å². The molecule has 2 aromatic rings. The molecule has 142 valence electrons. The highest BCUT2D eigenvalue weighted by Gasteiger charge is 2.13. The number of phenols is 1. The molecule has 0 radical (unpaired) electrons. The van der Waals surface area contributed by atoms with Crippen molar-refractivity contribution in [2.24, 2.45) is 0 Å². The van der Waals surface area contributed by atoms with Gasteiger partial charge in [0, 0.05) is 12.3 Å². The minimum absolute atomic E-state index is 0.00603. The molecule has 0 fully saturated rings. The third-order valence-corrected chi connectivity index (χ3v) is 4.27. The van der Waals surface area contributed by atoms with Crippen LogP contribution in [0, 0.1) is 0 Å². The Bertz CT molecular complexity index is 807. The Kier molecular flexibility index (Phi) is 7.21. The normalized spacial score (nSPS) is 11.2. The molecule has 1 aromatic carbocycles. The van der Waals surface area contributed by atoms with Crippen LogP contribution >= 0.6 is 0 Å². The third kappa shape index (κ3) is 5.08. The minimum atomic E-state index is -0.669. The van der Waals surface area contributed by atoms with Crippen molar-refractivity contribution in [1.82, 2.24) is 4.90 Å². The Hall–Kier alpha value is -2.34. The zero-order valence-corrected chi connectivity index (χ0v) is 15.8. The summed E-state index contributed by atoms with van der Waals surface area (Å²) in [6.07, 6.45) is 3.89. The highest BCUT2D eigenvalue weighted by atomic mass is 16.4. The second-order valence-electron chi connectivity index (χ2n) is 6.57. The van der Waals surface area contributed by atoms with E-state index in [0.717, 1.165) is 44.5 Å². The number of benzene rings is 1. The van der Waals surface area contributed by atoms with Crippen LogP contribution in [0.4, 0.5) is 5.69 Å². The van der Waals surface area contributed by atoms with Gasteiger partial charge in [0.2, 0.25) is 5.91 Å². The quantitative estimate of drug-likeness (QED) is 0.669. The number of carbonyl (C=O) groups is 1. The number of amides is 1. The lowest BCUT2D eigenvalue weighted by atomic mass is 10.1. The fourth-order valence-electron chi connectivity index (χ4n) is 3.15. The maximum atomic E-state index is 12.0. The molecular formula is C20H28N2O4. The van der Waals surface area contributed by atoms with Crippen molar-refractivity contribution < 1.29 is 14.3 Å². The highest BCUT2D eigenvalue weighted by Crippen LogP contribution is 2.30. The van der Waals surface area contributed by atoms with Crippen molar-refractivity contribution in [3.8, 4) is 5.75 Å². The smallest absolute Gasteiger partial charge is 0.360 e. The van der Waals surface area contributed by atoms with E-state index in [4.69, 9.17) is 4.42 Å². The first kappa shape index (κ1) is 20.0. The SMILES string of the molecule is CCCN(CCC)CCCc1ccc2cc(NC(C)=O)c(=O)oc2c1O. The average molecular weight is 360 g/mol. The Morgan fingerprint density at radius 1 is 1.19 bits per heavy atom. The average Bonchev–Trinajstić information content (AvgIpc) is 2.58. The molecule has 26 heavy (non-hydrogen) atoms. The van der Waals surface area contributed by atoms with Crippen LogP contribution in [-0.4, -0.2) is 35.5 Å². The number of phenolic OH excluding ortho intramolecular Hbond substituents is 1. The number of hydrogen-bond donors (Lipinski definition) is 2. The first-order chi connectivity index (χ1) is 12.5. The number of anilines is 1. The van der Waals surface area contributed by atoms with Crippen LogP contribution < -0.4 is 10.9 Å². The van der Waals surface area contributed by atoms with Crippen molar-refractivity contribution in [2.45, 2.75) is 46.5 Å². The molecule has 0 saturated heterocycles. The van der Waals surface area contributed by atoms with Crippen molar-refractivity contribution in [3.63, 3.8) is 0 Å². The van der Waals surface area contributed by atoms with E-state index in [1.54, 1.807) is 6.07 Å². The Morgan fingerprint density at radius 2 is 1.88 bits per heavy atom. The van der Waals surface area contributed by atoms with Gasteiger partial charge in [-0.15, -0.1) is 0 Å². The number of rotatable bonds is 9. The van der Waals surface area contributed by atoms with Crippen molar-refractivity contribution in [2.75, 3.05) is 25.0 Å². The molecule has 0 atom stereocenters. The van der Waals surface area contributed by atoms with Crippen LogP contribution in [0.5, 0.6) is 5.75 Å². The van der Waals surface area contributed by atoms with Crippen LogP contribution in [0.15, 0.2) is 27.4 Å². The number of nitrogens with zero attached hydrogens (tertiary/aromatic N) is 1. The Labute approximate surface area is 153 Å². The zero-order valence-electron chi connectivity index (χ0n) is 15.8. The van der Waals surface area contributed by atoms with Gasteiger partial charge in [-0.2, -0.15) is 0 Å². The molecule has 2 N–H and O–H groups in total. The van der Waals surface area contributed by atoms with Gasteiger partial charge in [0.05, 0.1) is 0 Å². The molecule has 6 nitrogen and oxygen atoms in total. The van der Waals surface area contributed by atoms with E-state index >= 15 is 0 Å². The topological polar surface area (TPSA) is 82.8 Å². The fourth-order valence-corrected chi connectivity index (χ4v) is 3.15. The molecule has 1 aromatic heterocycles. The van der Waals surface area contributed by atoms with E-state index in [9.17, 15) is 14.7 Å². The lowest BCUT2D eigenvalue weighted by Gasteiger charge is -2.20. The van der Waals surface area contributed by atoms with Gasteiger partial charge in [0.25, 0.3) is 0 Å². The summed E-state index contributed by atoms with van der Waals surface area (Å²) in [7, 11) is 0. The molecule has 0 spiro atoms. The fraction of sp³-hybridized carbons (Fsp3) is 0.500. The monoisotopic (exact) mass is 360 g/mol. The summed E-state index contributed by atoms with van der Waals surface area (Å²) >= 11 is 0. The highest BCUT2D eigenvalue weighted by molar-refractivity contribution is 5.92. The van der Waals surface area contributed by atoms with Crippen molar-refractivity contribution >= 4 is 22.6 Å². The number of aromatic hydroxyl groups is 1. The van der Waals surface area contributed by atoms with E-state index in [0.29, 0.717) is 11.8 Å². The summed E-state index contributed by atoms with van der Waals surface area (Å²) in [6, 6.07) is 5.17. The van der Waals surface area contributed by atoms with E-state index < -0.39 is 5.63 Å². The van der Waals surface area contributed by atoms with Gasteiger partial charge in [-0.1, -0.05) is 26.0 Å². The predicted octanol–water partition coefficient (Wildman–Crippen LogP) is 3.51. The molecule has 1 amide bonds. The summed E-state index contributed by atoms with van der Waals surface area (Å²) in [5.74, 6) is -0.340. The van der Waals surface area contributed by atoms with Gasteiger partial charge >= 0.3 is 5.63 Å². The summed E-state index contributed by atoms with van der Waals surface area (Å²) in [5.41, 5.74) is 0.339. The molecule has 0 aliphatic rings. The molecule has 6 heteroatoms. The molecule has 0 saturated carbocycles. The molecule has 0 aliphatic heterocycles. The first-order valence-electron chi connectivity index (χ1n) is 9.24. The lowest BCUT2D eigenvalue weighted by Crippen LogP contribution is -2.26. The number of carbonyl (C=O) groups excluding carboxylic acids is 1. The molecule has 1 heterocycles. The maximum Gasteiger partial charge on any atom is 0.360 e. The van der Waals surface area contributed by atoms with Crippen LogP contribution in [-0.2, 0) is 11.2 Å². The summed E-state index contributed by atoms with van der Waals surface area (Å²) in [6.45, 7) is 8.82. The molecule has 2 rings (SSSR count). The molecular weight excluding hydrogens is 332 g/mol. The largest absolute Gasteiger partial charge is 0.504 e. The standard InChI is InChI=1S/C20H28N2O4/c1-4-10-22(11-5-2)12-6-7-15-8-9-16-13-17(21-14(3)23)20(25)26-19(16)18(15)24/h8-9,13,24H,4-7,10-12H2,1-3H3,(H,21,23). The van der Waals surface area contributed by atoms with E-state index in [1.165, 1.54) is 13.0 Å². The van der Waals surface area contributed by atoms with Crippen molar-refractivity contribution in [3.05, 3.63) is 34.2 Å². The van der Waals surface area contributed by atoms with Gasteiger partial charge in [-0.25, -0.2) is 4.79 Å². The second kappa shape index (κ2) is 9.38. The number of fused-ring (bicyclic) bond motifs is 1. The van der Waals surface area contributed by atoms with E-state index in [2.05, 4.69) is 24.1 Å². The van der Waals surface area contributed by atoms with Gasteiger partial charge in [0.15, 0.2) is 11.3 Å². The van der Waals surface area contributed by atoms with Gasteiger partial charge in [-0.3, -0.25) is 4.79 Å². The maximum absolute atomic E-state index is 12.0. The van der Waals surface area contributed by atoms with Crippen LogP contribution in [0.1, 0.15) is 45.6 Å². The van der Waals surface area contributed by atoms with Gasteiger partial charge in [0.1, 0.15) is 5.69 Å². The number of aryl methyl sites for hydroxylation is 1. The molecule has 0 aliphatic carbocycles. The lowest BCUT2D eigenvalue weighted by molar-refractivity contribution is -0.114. The minimum Gasteiger partial charge on any atom is -0.504 e. The zero-order chi connectivity index (χ0) is 19.1. The van der Waals surface area contributed by atoms with Crippen LogP contribution in [0.25, 0.3) is 11.0 Å². The molecule has 0 bridgehead atoms. The van der Waals surface area contributed by atoms with Crippen molar-refractivity contribution in [1.29, 1.82) is 0 Å². The second-order valence-corrected chi connectivity index (χ2v) is 6.57. The predicted molar refractivity (Wildman–Crippen MR) is 104 cm³/mol. The number of nitrogens with one attached hydrogen (secondary N) is 1. The van der Waals surface area contributed by atoms with Crippen LogP contribution in [0.2, 0.25) is 0 Å². The summed E-state index contributed by atoms with van der Waals surface area (Å²) in [4.78, 5) is 25.6. The third-order valence-electron chi connectivity index (χ3n) is 4.27. The first-order valence-corrected chi connectivity index (χ1v) is 9.24. The molecule has 0 unspecified atom stereocenters. The number of hydrogen-bond acceptors (Lipinski definition) is 5. The summed E-state index contributed by atoms with van der Waals surface area (Å²) < 4.78 is 5.24. The van der Waals surface area contributed by atoms with Crippen LogP contribution in [0.3, 0.4) is 0 Å². The Balaban J connectivity index is 2.15. The summed E-state index contributed by atoms with van der Waals surface area (Å²) in [5, 5.41) is 13.5.